The zero-order valence-electron chi connectivity index (χ0n) is 27.6. The number of nitrogens with zero attached hydrogens (tertiary/aromatic N) is 2. The topological polar surface area (TPSA) is 21.3 Å². The second kappa shape index (κ2) is 10.8. The molecule has 51 heavy (non-hydrogen) atoms. The van der Waals surface area contributed by atoms with Crippen molar-refractivity contribution >= 4 is 93.1 Å². The molecule has 0 aliphatic carbocycles. The predicted octanol–water partition coefficient (Wildman–Crippen LogP) is 13.6. The largest absolute Gasteiger partial charge is 0.456 e. The highest BCUT2D eigenvalue weighted by Gasteiger charge is 2.22. The van der Waals surface area contributed by atoms with Gasteiger partial charge in [-0.15, -0.1) is 0 Å². The summed E-state index contributed by atoms with van der Waals surface area (Å²) in [5.41, 5.74) is 8.48. The molecule has 3 heteroatoms. The van der Waals surface area contributed by atoms with Crippen molar-refractivity contribution in [2.75, 3.05) is 4.90 Å². The van der Waals surface area contributed by atoms with E-state index in [0.29, 0.717) is 0 Å². The summed E-state index contributed by atoms with van der Waals surface area (Å²) < 4.78 is 8.83. The Hall–Kier alpha value is -6.84. The predicted molar refractivity (Wildman–Crippen MR) is 215 cm³/mol. The minimum absolute atomic E-state index is 0.871. The molecule has 0 aliphatic rings. The molecule has 3 nitrogen and oxygen atoms in total. The van der Waals surface area contributed by atoms with E-state index >= 15 is 0 Å². The first-order valence-corrected chi connectivity index (χ1v) is 17.4. The molecule has 11 aromatic rings. The van der Waals surface area contributed by atoms with E-state index in [9.17, 15) is 0 Å². The standard InChI is InChI=1S/C48H30N2O/c1-2-12-33(13-3-1)50-43-17-8-6-15-39(43)40-28-25-35(30-45(40)50)49(44-18-10-20-47-48(44)41-16-7-9-19-46(41)51-47)34-24-21-32-23-26-37-36-14-5-4-11-31(36)22-27-38(37)42(32)29-34/h1-30H. The van der Waals surface area contributed by atoms with Crippen LogP contribution in [0.5, 0.6) is 0 Å². The molecule has 0 fully saturated rings. The number of rotatable bonds is 4. The SMILES string of the molecule is c1ccc(-n2c3ccccc3c3ccc(N(c4ccc5ccc6c7ccccc7ccc6c5c4)c4cccc5oc6ccccc6c45)cc32)cc1. The Morgan fingerprint density at radius 1 is 0.373 bits per heavy atom. The Bertz CT molecular complexity index is 3150. The summed E-state index contributed by atoms with van der Waals surface area (Å²) in [7, 11) is 0. The van der Waals surface area contributed by atoms with E-state index in [4.69, 9.17) is 4.42 Å². The highest BCUT2D eigenvalue weighted by Crippen LogP contribution is 2.45. The molecular formula is C48H30N2O. The Labute approximate surface area is 293 Å². The molecule has 2 heterocycles. The summed E-state index contributed by atoms with van der Waals surface area (Å²) >= 11 is 0. The van der Waals surface area contributed by atoms with Crippen molar-refractivity contribution < 1.29 is 4.42 Å². The van der Waals surface area contributed by atoms with Gasteiger partial charge >= 0.3 is 0 Å². The van der Waals surface area contributed by atoms with Crippen molar-refractivity contribution in [2.45, 2.75) is 0 Å². The van der Waals surface area contributed by atoms with Crippen LogP contribution in [0.1, 0.15) is 0 Å². The van der Waals surface area contributed by atoms with E-state index in [1.807, 2.05) is 6.07 Å². The minimum atomic E-state index is 0.871. The van der Waals surface area contributed by atoms with E-state index in [0.717, 1.165) is 50.2 Å². The van der Waals surface area contributed by atoms with Crippen LogP contribution in [-0.4, -0.2) is 4.57 Å². The molecule has 11 rings (SSSR count). The number of aromatic nitrogens is 1. The highest BCUT2D eigenvalue weighted by molar-refractivity contribution is 6.19. The van der Waals surface area contributed by atoms with Gasteiger partial charge in [-0.3, -0.25) is 0 Å². The van der Waals surface area contributed by atoms with E-state index in [2.05, 4.69) is 185 Å². The Balaban J connectivity index is 1.23. The van der Waals surface area contributed by atoms with Crippen molar-refractivity contribution in [3.63, 3.8) is 0 Å². The number of fused-ring (bicyclic) bond motifs is 11. The quantitative estimate of drug-likeness (QED) is 0.177. The third kappa shape index (κ3) is 4.19. The lowest BCUT2D eigenvalue weighted by Crippen LogP contribution is -2.10. The van der Waals surface area contributed by atoms with Crippen LogP contribution in [-0.2, 0) is 0 Å². The molecule has 0 saturated carbocycles. The number of para-hydroxylation sites is 3. The second-order valence-corrected chi connectivity index (χ2v) is 13.3. The first-order valence-electron chi connectivity index (χ1n) is 17.4. The Kier molecular flexibility index (Phi) is 5.96. The molecular weight excluding hydrogens is 621 g/mol. The van der Waals surface area contributed by atoms with Crippen molar-refractivity contribution in [1.29, 1.82) is 0 Å². The molecule has 0 N–H and O–H groups in total. The normalized spacial score (nSPS) is 11.9. The van der Waals surface area contributed by atoms with Crippen LogP contribution >= 0.6 is 0 Å². The van der Waals surface area contributed by atoms with E-state index in [-0.39, 0.29) is 0 Å². The third-order valence-corrected chi connectivity index (χ3v) is 10.5. The maximum Gasteiger partial charge on any atom is 0.137 e. The maximum absolute atomic E-state index is 6.44. The monoisotopic (exact) mass is 650 g/mol. The van der Waals surface area contributed by atoms with Gasteiger partial charge in [0.2, 0.25) is 0 Å². The number of anilines is 3. The van der Waals surface area contributed by atoms with Crippen LogP contribution in [0, 0.1) is 0 Å². The fourth-order valence-corrected chi connectivity index (χ4v) is 8.27. The van der Waals surface area contributed by atoms with Gasteiger partial charge in [0.25, 0.3) is 0 Å². The smallest absolute Gasteiger partial charge is 0.137 e. The van der Waals surface area contributed by atoms with Gasteiger partial charge in [0, 0.05) is 33.2 Å². The molecule has 0 unspecified atom stereocenters. The van der Waals surface area contributed by atoms with Gasteiger partial charge in [0.1, 0.15) is 11.2 Å². The lowest BCUT2D eigenvalue weighted by Gasteiger charge is -2.27. The van der Waals surface area contributed by atoms with Gasteiger partial charge < -0.3 is 13.9 Å². The van der Waals surface area contributed by atoms with Crippen LogP contribution in [0.2, 0.25) is 0 Å². The van der Waals surface area contributed by atoms with Crippen molar-refractivity contribution in [3.8, 4) is 5.69 Å². The van der Waals surface area contributed by atoms with E-state index in [1.54, 1.807) is 0 Å². The fraction of sp³-hybridized carbons (Fsp3) is 0. The molecule has 0 amide bonds. The lowest BCUT2D eigenvalue weighted by atomic mass is 9.96. The van der Waals surface area contributed by atoms with Crippen molar-refractivity contribution in [1.82, 2.24) is 4.57 Å². The molecule has 238 valence electrons. The molecule has 0 atom stereocenters. The van der Waals surface area contributed by atoms with Crippen LogP contribution in [0.25, 0.3) is 81.7 Å². The molecule has 0 spiro atoms. The van der Waals surface area contributed by atoms with Crippen molar-refractivity contribution in [3.05, 3.63) is 182 Å². The first kappa shape index (κ1) is 28.0. The molecule has 0 bridgehead atoms. The summed E-state index contributed by atoms with van der Waals surface area (Å²) in [6, 6.07) is 65.6. The average Bonchev–Trinajstić information content (AvgIpc) is 3.74. The number of hydrogen-bond acceptors (Lipinski definition) is 2. The van der Waals surface area contributed by atoms with E-state index < -0.39 is 0 Å². The number of benzene rings is 9. The minimum Gasteiger partial charge on any atom is -0.456 e. The summed E-state index contributed by atoms with van der Waals surface area (Å²) in [4.78, 5) is 2.41. The van der Waals surface area contributed by atoms with Crippen LogP contribution in [0.15, 0.2) is 186 Å². The first-order chi connectivity index (χ1) is 25.3. The summed E-state index contributed by atoms with van der Waals surface area (Å²) in [5.74, 6) is 0. The van der Waals surface area contributed by atoms with Crippen LogP contribution in [0.3, 0.4) is 0 Å². The van der Waals surface area contributed by atoms with Crippen LogP contribution in [0.4, 0.5) is 17.1 Å². The summed E-state index contributed by atoms with van der Waals surface area (Å²) in [5, 5.41) is 12.1. The molecule has 0 radical (unpaired) electrons. The third-order valence-electron chi connectivity index (χ3n) is 10.5. The zero-order chi connectivity index (χ0) is 33.5. The van der Waals surface area contributed by atoms with Crippen molar-refractivity contribution in [2.24, 2.45) is 0 Å². The maximum atomic E-state index is 6.44. The van der Waals surface area contributed by atoms with Crippen LogP contribution < -0.4 is 4.90 Å². The van der Waals surface area contributed by atoms with E-state index in [1.165, 1.54) is 48.6 Å². The molecule has 9 aromatic carbocycles. The van der Waals surface area contributed by atoms with Gasteiger partial charge in [-0.1, -0.05) is 121 Å². The lowest BCUT2D eigenvalue weighted by molar-refractivity contribution is 0.669. The summed E-state index contributed by atoms with van der Waals surface area (Å²) in [6.07, 6.45) is 0. The Morgan fingerprint density at radius 2 is 0.980 bits per heavy atom. The molecule has 0 aliphatic heterocycles. The number of furan rings is 1. The molecule has 2 aromatic heterocycles. The average molecular weight is 651 g/mol. The Morgan fingerprint density at radius 3 is 1.86 bits per heavy atom. The number of hydrogen-bond donors (Lipinski definition) is 0. The van der Waals surface area contributed by atoms with Gasteiger partial charge in [-0.2, -0.15) is 0 Å². The van der Waals surface area contributed by atoms with Gasteiger partial charge in [0.15, 0.2) is 0 Å². The summed E-state index contributed by atoms with van der Waals surface area (Å²) in [6.45, 7) is 0. The zero-order valence-corrected chi connectivity index (χ0v) is 27.6. The van der Waals surface area contributed by atoms with Gasteiger partial charge in [-0.25, -0.2) is 0 Å². The second-order valence-electron chi connectivity index (χ2n) is 13.3. The fourth-order valence-electron chi connectivity index (χ4n) is 8.27. The van der Waals surface area contributed by atoms with Gasteiger partial charge in [0.05, 0.1) is 22.1 Å². The highest BCUT2D eigenvalue weighted by atomic mass is 16.3. The van der Waals surface area contributed by atoms with Gasteiger partial charge in [-0.05, 0) is 93.0 Å². The molecule has 0 saturated heterocycles.